The van der Waals surface area contributed by atoms with Gasteiger partial charge >= 0.3 is 6.03 Å². The fourth-order valence-corrected chi connectivity index (χ4v) is 1.74. The van der Waals surface area contributed by atoms with E-state index in [9.17, 15) is 4.79 Å². The highest BCUT2D eigenvalue weighted by Gasteiger charge is 2.10. The van der Waals surface area contributed by atoms with Crippen LogP contribution in [0, 0.1) is 0 Å². The third-order valence-corrected chi connectivity index (χ3v) is 2.81. The van der Waals surface area contributed by atoms with Crippen molar-refractivity contribution >= 4 is 23.3 Å². The van der Waals surface area contributed by atoms with Gasteiger partial charge in [-0.3, -0.25) is 0 Å². The Morgan fingerprint density at radius 2 is 2.17 bits per heavy atom. The fourth-order valence-electron chi connectivity index (χ4n) is 1.53. The summed E-state index contributed by atoms with van der Waals surface area (Å²) < 4.78 is 5.14. The van der Waals surface area contributed by atoms with Crippen LogP contribution in [0.5, 0.6) is 5.75 Å². The number of carbonyl (C=O) groups excluding carboxylic acids is 1. The summed E-state index contributed by atoms with van der Waals surface area (Å²) in [6.45, 7) is 2.78. The minimum absolute atomic E-state index is 0.266. The lowest BCUT2D eigenvalue weighted by Gasteiger charge is -2.12. The summed E-state index contributed by atoms with van der Waals surface area (Å²) in [6.07, 6.45) is 3.21. The number of hydrogen-bond acceptors (Lipinski definition) is 2. The molecule has 5 heteroatoms. The number of methoxy groups -OCH3 is 1. The van der Waals surface area contributed by atoms with Crippen LogP contribution in [-0.4, -0.2) is 19.7 Å². The van der Waals surface area contributed by atoms with Gasteiger partial charge in [-0.05, 0) is 18.6 Å². The van der Waals surface area contributed by atoms with Gasteiger partial charge in [-0.25, -0.2) is 4.79 Å². The quantitative estimate of drug-likeness (QED) is 0.775. The lowest BCUT2D eigenvalue weighted by atomic mass is 10.2. The van der Waals surface area contributed by atoms with Gasteiger partial charge in [-0.2, -0.15) is 0 Å². The van der Waals surface area contributed by atoms with Gasteiger partial charge in [0.1, 0.15) is 11.4 Å². The minimum atomic E-state index is -0.266. The molecule has 4 nitrogen and oxygen atoms in total. The zero-order chi connectivity index (χ0) is 13.4. The van der Waals surface area contributed by atoms with Crippen LogP contribution in [-0.2, 0) is 0 Å². The Balaban J connectivity index is 2.53. The number of hydrogen-bond donors (Lipinski definition) is 2. The van der Waals surface area contributed by atoms with E-state index in [1.807, 2.05) is 0 Å². The number of para-hydroxylation sites is 1. The molecule has 1 aromatic rings. The van der Waals surface area contributed by atoms with E-state index in [-0.39, 0.29) is 6.03 Å². The van der Waals surface area contributed by atoms with E-state index >= 15 is 0 Å². The van der Waals surface area contributed by atoms with Gasteiger partial charge in [0.2, 0.25) is 0 Å². The molecule has 1 aromatic carbocycles. The molecule has 18 heavy (non-hydrogen) atoms. The maximum absolute atomic E-state index is 11.7. The highest BCUT2D eigenvalue weighted by Crippen LogP contribution is 2.31. The third kappa shape index (κ3) is 4.45. The monoisotopic (exact) mass is 270 g/mol. The van der Waals surface area contributed by atoms with Crippen LogP contribution >= 0.6 is 11.6 Å². The number of ether oxygens (including phenoxy) is 1. The zero-order valence-corrected chi connectivity index (χ0v) is 11.5. The van der Waals surface area contributed by atoms with Crippen molar-refractivity contribution in [1.29, 1.82) is 0 Å². The SMILES string of the molecule is CCCCCNC(=O)Nc1c(Cl)cccc1OC. The Kier molecular flexibility index (Phi) is 6.36. The number of rotatable bonds is 6. The second kappa shape index (κ2) is 7.82. The molecule has 0 aliphatic rings. The van der Waals surface area contributed by atoms with Crippen molar-refractivity contribution in [2.75, 3.05) is 19.0 Å². The molecular formula is C13H19ClN2O2. The molecule has 2 amide bonds. The summed E-state index contributed by atoms with van der Waals surface area (Å²) in [6, 6.07) is 4.96. The fraction of sp³-hybridized carbons (Fsp3) is 0.462. The molecule has 2 N–H and O–H groups in total. The Hall–Kier alpha value is -1.42. The van der Waals surface area contributed by atoms with Crippen LogP contribution in [0.25, 0.3) is 0 Å². The number of anilines is 1. The summed E-state index contributed by atoms with van der Waals surface area (Å²) in [5.41, 5.74) is 0.495. The smallest absolute Gasteiger partial charge is 0.319 e. The van der Waals surface area contributed by atoms with Crippen LogP contribution in [0.1, 0.15) is 26.2 Å². The van der Waals surface area contributed by atoms with E-state index < -0.39 is 0 Å². The Labute approximate surface area is 113 Å². The van der Waals surface area contributed by atoms with E-state index in [2.05, 4.69) is 17.6 Å². The standard InChI is InChI=1S/C13H19ClN2O2/c1-3-4-5-9-15-13(17)16-12-10(14)7-6-8-11(12)18-2/h6-8H,3-5,9H2,1-2H3,(H2,15,16,17). The number of carbonyl (C=O) groups is 1. The second-order valence-electron chi connectivity index (χ2n) is 3.91. The molecule has 0 atom stereocenters. The minimum Gasteiger partial charge on any atom is -0.495 e. The first-order chi connectivity index (χ1) is 8.69. The molecule has 0 heterocycles. The van der Waals surface area contributed by atoms with E-state index in [0.717, 1.165) is 19.3 Å². The molecule has 0 unspecified atom stereocenters. The number of unbranched alkanes of at least 4 members (excludes halogenated alkanes) is 2. The van der Waals surface area contributed by atoms with Crippen molar-refractivity contribution < 1.29 is 9.53 Å². The normalized spacial score (nSPS) is 9.94. The molecule has 0 bridgehead atoms. The van der Waals surface area contributed by atoms with Gasteiger partial charge in [0, 0.05) is 6.54 Å². The van der Waals surface area contributed by atoms with E-state index in [0.29, 0.717) is 23.0 Å². The number of halogens is 1. The van der Waals surface area contributed by atoms with Crippen molar-refractivity contribution in [1.82, 2.24) is 5.32 Å². The van der Waals surface area contributed by atoms with Gasteiger partial charge in [-0.1, -0.05) is 37.4 Å². The lowest BCUT2D eigenvalue weighted by molar-refractivity contribution is 0.251. The van der Waals surface area contributed by atoms with E-state index in [1.165, 1.54) is 7.11 Å². The Bertz CT molecular complexity index is 397. The van der Waals surface area contributed by atoms with Gasteiger partial charge in [0.15, 0.2) is 0 Å². The molecule has 0 fully saturated rings. The Morgan fingerprint density at radius 3 is 2.83 bits per heavy atom. The first-order valence-corrected chi connectivity index (χ1v) is 6.44. The first kappa shape index (κ1) is 14.6. The molecule has 1 rings (SSSR count). The van der Waals surface area contributed by atoms with Gasteiger partial charge in [0.25, 0.3) is 0 Å². The highest BCUT2D eigenvalue weighted by molar-refractivity contribution is 6.34. The average Bonchev–Trinajstić information content (AvgIpc) is 2.37. The molecule has 0 aliphatic carbocycles. The molecule has 0 saturated heterocycles. The topological polar surface area (TPSA) is 50.4 Å². The average molecular weight is 271 g/mol. The molecule has 0 saturated carbocycles. The number of nitrogens with one attached hydrogen (secondary N) is 2. The molecule has 100 valence electrons. The maximum atomic E-state index is 11.7. The molecule has 0 aromatic heterocycles. The van der Waals surface area contributed by atoms with Gasteiger partial charge in [0.05, 0.1) is 12.1 Å². The predicted octanol–water partition coefficient (Wildman–Crippen LogP) is 3.66. The van der Waals surface area contributed by atoms with Crippen molar-refractivity contribution in [3.63, 3.8) is 0 Å². The summed E-state index contributed by atoms with van der Waals surface area (Å²) in [4.78, 5) is 11.7. The van der Waals surface area contributed by atoms with Gasteiger partial charge in [-0.15, -0.1) is 0 Å². The Morgan fingerprint density at radius 1 is 1.39 bits per heavy atom. The predicted molar refractivity (Wildman–Crippen MR) is 74.6 cm³/mol. The first-order valence-electron chi connectivity index (χ1n) is 6.06. The van der Waals surface area contributed by atoms with Crippen molar-refractivity contribution in [3.8, 4) is 5.75 Å². The largest absolute Gasteiger partial charge is 0.495 e. The summed E-state index contributed by atoms with van der Waals surface area (Å²) in [5, 5.41) is 5.94. The van der Waals surface area contributed by atoms with E-state index in [4.69, 9.17) is 16.3 Å². The highest BCUT2D eigenvalue weighted by atomic mass is 35.5. The number of benzene rings is 1. The van der Waals surface area contributed by atoms with Crippen LogP contribution in [0.4, 0.5) is 10.5 Å². The van der Waals surface area contributed by atoms with Crippen molar-refractivity contribution in [3.05, 3.63) is 23.2 Å². The lowest BCUT2D eigenvalue weighted by Crippen LogP contribution is -2.29. The van der Waals surface area contributed by atoms with Crippen molar-refractivity contribution in [2.45, 2.75) is 26.2 Å². The van der Waals surface area contributed by atoms with Crippen LogP contribution in [0.2, 0.25) is 5.02 Å². The zero-order valence-electron chi connectivity index (χ0n) is 10.8. The van der Waals surface area contributed by atoms with Crippen molar-refractivity contribution in [2.24, 2.45) is 0 Å². The molecular weight excluding hydrogens is 252 g/mol. The maximum Gasteiger partial charge on any atom is 0.319 e. The van der Waals surface area contributed by atoms with Crippen LogP contribution in [0.3, 0.4) is 0 Å². The molecule has 0 radical (unpaired) electrons. The van der Waals surface area contributed by atoms with Crippen LogP contribution < -0.4 is 15.4 Å². The van der Waals surface area contributed by atoms with Crippen LogP contribution in [0.15, 0.2) is 18.2 Å². The molecule has 0 aliphatic heterocycles. The second-order valence-corrected chi connectivity index (χ2v) is 4.31. The summed E-state index contributed by atoms with van der Waals surface area (Å²) >= 11 is 6.01. The number of urea groups is 1. The third-order valence-electron chi connectivity index (χ3n) is 2.50. The van der Waals surface area contributed by atoms with Gasteiger partial charge < -0.3 is 15.4 Å². The summed E-state index contributed by atoms with van der Waals surface area (Å²) in [5.74, 6) is 0.547. The number of amides is 2. The summed E-state index contributed by atoms with van der Waals surface area (Å²) in [7, 11) is 1.54. The molecule has 0 spiro atoms. The van der Waals surface area contributed by atoms with E-state index in [1.54, 1.807) is 18.2 Å².